The molecule has 120 valence electrons. The fourth-order valence-corrected chi connectivity index (χ4v) is 5.33. The Morgan fingerprint density at radius 2 is 2.05 bits per heavy atom. The van der Waals surface area contributed by atoms with Gasteiger partial charge in [0.05, 0.1) is 11.5 Å². The van der Waals surface area contributed by atoms with Gasteiger partial charge in [0, 0.05) is 25.2 Å². The molecular formula is C16H22N2O3S. The van der Waals surface area contributed by atoms with Crippen LogP contribution >= 0.6 is 0 Å². The van der Waals surface area contributed by atoms with Gasteiger partial charge in [0.2, 0.25) is 10.0 Å². The minimum Gasteiger partial charge on any atom is -0.493 e. The van der Waals surface area contributed by atoms with E-state index >= 15 is 0 Å². The number of nitrogens with zero attached hydrogens (tertiary/aromatic N) is 1. The Morgan fingerprint density at radius 1 is 1.18 bits per heavy atom. The molecule has 6 heteroatoms. The zero-order valence-corrected chi connectivity index (χ0v) is 13.4. The Bertz CT molecular complexity index is 674. The predicted molar refractivity (Wildman–Crippen MR) is 83.6 cm³/mol. The monoisotopic (exact) mass is 322 g/mol. The summed E-state index contributed by atoms with van der Waals surface area (Å²) in [5, 5.41) is 3.53. The maximum atomic E-state index is 13.0. The number of rotatable bonds is 2. The molecule has 2 fully saturated rings. The van der Waals surface area contributed by atoms with Crippen LogP contribution in [-0.4, -0.2) is 44.5 Å². The predicted octanol–water partition coefficient (Wildman–Crippen LogP) is 1.53. The van der Waals surface area contributed by atoms with E-state index in [0.717, 1.165) is 43.6 Å². The molecule has 22 heavy (non-hydrogen) atoms. The largest absolute Gasteiger partial charge is 0.493 e. The van der Waals surface area contributed by atoms with Crippen LogP contribution in [0, 0.1) is 0 Å². The van der Waals surface area contributed by atoms with Crippen LogP contribution in [0.15, 0.2) is 23.1 Å². The van der Waals surface area contributed by atoms with Gasteiger partial charge in [-0.1, -0.05) is 0 Å². The van der Waals surface area contributed by atoms with E-state index < -0.39 is 10.0 Å². The smallest absolute Gasteiger partial charge is 0.243 e. The van der Waals surface area contributed by atoms with Gasteiger partial charge in [0.15, 0.2) is 0 Å². The zero-order chi connectivity index (χ0) is 15.2. The molecule has 2 saturated heterocycles. The van der Waals surface area contributed by atoms with E-state index in [1.165, 1.54) is 6.42 Å². The Morgan fingerprint density at radius 3 is 2.95 bits per heavy atom. The van der Waals surface area contributed by atoms with Crippen molar-refractivity contribution < 1.29 is 13.2 Å². The number of fused-ring (bicyclic) bond motifs is 3. The summed E-state index contributed by atoms with van der Waals surface area (Å²) in [4.78, 5) is 0.412. The van der Waals surface area contributed by atoms with Crippen LogP contribution < -0.4 is 10.1 Å². The zero-order valence-electron chi connectivity index (χ0n) is 12.6. The van der Waals surface area contributed by atoms with Crippen LogP contribution in [-0.2, 0) is 16.4 Å². The van der Waals surface area contributed by atoms with Gasteiger partial charge in [0.1, 0.15) is 5.75 Å². The lowest BCUT2D eigenvalue weighted by atomic mass is 10.1. The van der Waals surface area contributed by atoms with Crippen LogP contribution in [0.25, 0.3) is 0 Å². The van der Waals surface area contributed by atoms with Crippen LogP contribution in [0.2, 0.25) is 0 Å². The van der Waals surface area contributed by atoms with Crippen molar-refractivity contribution in [2.45, 2.75) is 49.1 Å². The first-order chi connectivity index (χ1) is 10.6. The number of benzene rings is 1. The molecule has 0 saturated carbocycles. The number of aryl methyl sites for hydroxylation is 1. The summed E-state index contributed by atoms with van der Waals surface area (Å²) in [7, 11) is -3.40. The number of sulfonamides is 1. The van der Waals surface area contributed by atoms with E-state index in [0.29, 0.717) is 30.1 Å². The molecule has 4 rings (SSSR count). The van der Waals surface area contributed by atoms with Crippen molar-refractivity contribution in [3.63, 3.8) is 0 Å². The Labute approximate surface area is 131 Å². The van der Waals surface area contributed by atoms with Gasteiger partial charge in [-0.05, 0) is 55.9 Å². The third-order valence-electron chi connectivity index (χ3n) is 5.00. The van der Waals surface area contributed by atoms with Gasteiger partial charge in [-0.3, -0.25) is 0 Å². The highest BCUT2D eigenvalue weighted by molar-refractivity contribution is 7.89. The van der Waals surface area contributed by atoms with Crippen molar-refractivity contribution >= 4 is 10.0 Å². The van der Waals surface area contributed by atoms with Gasteiger partial charge in [-0.15, -0.1) is 0 Å². The van der Waals surface area contributed by atoms with E-state index in [4.69, 9.17) is 4.74 Å². The van der Waals surface area contributed by atoms with Crippen molar-refractivity contribution in [2.75, 3.05) is 19.7 Å². The Balaban J connectivity index is 1.62. The van der Waals surface area contributed by atoms with E-state index in [2.05, 4.69) is 5.32 Å². The lowest BCUT2D eigenvalue weighted by molar-refractivity contribution is 0.288. The molecule has 3 aliphatic rings. The van der Waals surface area contributed by atoms with Crippen molar-refractivity contribution in [3.05, 3.63) is 23.8 Å². The summed E-state index contributed by atoms with van der Waals surface area (Å²) in [5.74, 6) is 0.835. The summed E-state index contributed by atoms with van der Waals surface area (Å²) in [6.45, 7) is 1.93. The van der Waals surface area contributed by atoms with E-state index in [1.54, 1.807) is 16.4 Å². The first-order valence-electron chi connectivity index (χ1n) is 8.15. The molecule has 3 aliphatic heterocycles. The summed E-state index contributed by atoms with van der Waals surface area (Å²) < 4.78 is 33.2. The average molecular weight is 322 g/mol. The minimum absolute atomic E-state index is 0.309. The second kappa shape index (κ2) is 5.51. The third kappa shape index (κ3) is 2.53. The molecule has 1 aromatic carbocycles. The summed E-state index contributed by atoms with van der Waals surface area (Å²) in [6.07, 6.45) is 5.01. The molecule has 0 aromatic heterocycles. The maximum absolute atomic E-state index is 13.0. The van der Waals surface area contributed by atoms with Crippen LogP contribution in [0.5, 0.6) is 5.75 Å². The molecule has 0 spiro atoms. The first kappa shape index (κ1) is 14.5. The quantitative estimate of drug-likeness (QED) is 0.897. The fraction of sp³-hybridized carbons (Fsp3) is 0.625. The van der Waals surface area contributed by atoms with Crippen molar-refractivity contribution in [3.8, 4) is 5.75 Å². The molecule has 2 atom stereocenters. The number of nitrogens with one attached hydrogen (secondary N) is 1. The topological polar surface area (TPSA) is 58.6 Å². The molecule has 2 unspecified atom stereocenters. The maximum Gasteiger partial charge on any atom is 0.243 e. The molecule has 0 amide bonds. The van der Waals surface area contributed by atoms with Crippen LogP contribution in [0.1, 0.15) is 31.2 Å². The highest BCUT2D eigenvalue weighted by Gasteiger charge is 2.35. The van der Waals surface area contributed by atoms with Crippen molar-refractivity contribution in [1.29, 1.82) is 0 Å². The average Bonchev–Trinajstić information content (AvgIpc) is 2.85. The van der Waals surface area contributed by atoms with E-state index in [-0.39, 0.29) is 0 Å². The van der Waals surface area contributed by atoms with E-state index in [9.17, 15) is 8.42 Å². The van der Waals surface area contributed by atoms with Crippen molar-refractivity contribution in [2.24, 2.45) is 0 Å². The van der Waals surface area contributed by atoms with Crippen LogP contribution in [0.3, 0.4) is 0 Å². The molecule has 1 aromatic rings. The fourth-order valence-electron chi connectivity index (χ4n) is 3.78. The summed E-state index contributed by atoms with van der Waals surface area (Å²) in [6, 6.07) is 6.10. The lowest BCUT2D eigenvalue weighted by Crippen LogP contribution is -2.39. The molecule has 5 nitrogen and oxygen atoms in total. The normalized spacial score (nSPS) is 28.7. The molecular weight excluding hydrogens is 300 g/mol. The van der Waals surface area contributed by atoms with Gasteiger partial charge < -0.3 is 10.1 Å². The van der Waals surface area contributed by atoms with Crippen LogP contribution in [0.4, 0.5) is 0 Å². The highest BCUT2D eigenvalue weighted by Crippen LogP contribution is 2.30. The standard InChI is InChI=1S/C16H22N2O3S/c19-22(20,18-8-7-13-3-4-14(11-18)17-13)15-5-6-16-12(10-15)2-1-9-21-16/h5-6,10,13-14,17H,1-4,7-9,11H2. The highest BCUT2D eigenvalue weighted by atomic mass is 32.2. The summed E-state index contributed by atoms with van der Waals surface area (Å²) in [5.41, 5.74) is 1.02. The number of ether oxygens (including phenoxy) is 1. The van der Waals surface area contributed by atoms with Gasteiger partial charge in [0.25, 0.3) is 0 Å². The molecule has 2 bridgehead atoms. The van der Waals surface area contributed by atoms with Gasteiger partial charge in [-0.2, -0.15) is 4.31 Å². The third-order valence-corrected chi connectivity index (χ3v) is 6.86. The Kier molecular flexibility index (Phi) is 3.63. The van der Waals surface area contributed by atoms with Gasteiger partial charge in [-0.25, -0.2) is 8.42 Å². The molecule has 1 N–H and O–H groups in total. The summed E-state index contributed by atoms with van der Waals surface area (Å²) >= 11 is 0. The number of hydrogen-bond acceptors (Lipinski definition) is 4. The molecule has 0 aliphatic carbocycles. The van der Waals surface area contributed by atoms with Crippen molar-refractivity contribution in [1.82, 2.24) is 9.62 Å². The lowest BCUT2D eigenvalue weighted by Gasteiger charge is -2.25. The Hall–Kier alpha value is -1.11. The van der Waals surface area contributed by atoms with Gasteiger partial charge >= 0.3 is 0 Å². The second-order valence-corrected chi connectivity index (χ2v) is 8.45. The van der Waals surface area contributed by atoms with E-state index in [1.807, 2.05) is 6.07 Å². The first-order valence-corrected chi connectivity index (χ1v) is 9.59. The SMILES string of the molecule is O=S(=O)(c1ccc2c(c1)CCCO2)N1CCC2CCC(C1)N2. The molecule has 3 heterocycles. The second-order valence-electron chi connectivity index (χ2n) is 6.51. The number of hydrogen-bond donors (Lipinski definition) is 1. The molecule has 0 radical (unpaired) electrons. The minimum atomic E-state index is -3.40.